The van der Waals surface area contributed by atoms with E-state index < -0.39 is 11.7 Å². The Hall–Kier alpha value is -1.07. The fourth-order valence-electron chi connectivity index (χ4n) is 2.16. The molecule has 0 radical (unpaired) electrons. The van der Waals surface area contributed by atoms with Gasteiger partial charge in [0.15, 0.2) is 0 Å². The molecule has 3 N–H and O–H groups in total. The quantitative estimate of drug-likeness (QED) is 0.633. The first-order chi connectivity index (χ1) is 7.93. The third kappa shape index (κ3) is 2.61. The molecule has 1 aromatic rings. The van der Waals surface area contributed by atoms with E-state index in [9.17, 15) is 13.2 Å². The molecule has 0 saturated heterocycles. The van der Waals surface area contributed by atoms with Crippen molar-refractivity contribution in [2.24, 2.45) is 17.7 Å². The highest BCUT2D eigenvalue weighted by Crippen LogP contribution is 2.46. The summed E-state index contributed by atoms with van der Waals surface area (Å²) in [6.07, 6.45) is -3.22. The van der Waals surface area contributed by atoms with Crippen molar-refractivity contribution in [2.45, 2.75) is 25.6 Å². The van der Waals surface area contributed by atoms with E-state index in [1.807, 2.05) is 0 Å². The summed E-state index contributed by atoms with van der Waals surface area (Å²) in [4.78, 5) is 0. The van der Waals surface area contributed by atoms with Crippen molar-refractivity contribution < 1.29 is 13.2 Å². The predicted molar refractivity (Wildman–Crippen MR) is 58.8 cm³/mol. The van der Waals surface area contributed by atoms with Gasteiger partial charge in [-0.25, -0.2) is 0 Å². The van der Waals surface area contributed by atoms with E-state index in [1.54, 1.807) is 0 Å². The summed E-state index contributed by atoms with van der Waals surface area (Å²) in [6.45, 7) is 2.11. The molecule has 3 unspecified atom stereocenters. The van der Waals surface area contributed by atoms with Crippen molar-refractivity contribution in [1.82, 2.24) is 5.43 Å². The van der Waals surface area contributed by atoms with Gasteiger partial charge in [-0.3, -0.25) is 11.3 Å². The van der Waals surface area contributed by atoms with Gasteiger partial charge in [0, 0.05) is 6.04 Å². The standard InChI is InChI=1S/C12H15F3N2/c1-7-6-10(7)11(17-16)8-2-4-9(5-3-8)12(13,14)15/h2-5,7,10-11,17H,6,16H2,1H3. The number of hydrogen-bond acceptors (Lipinski definition) is 2. The number of hydrogen-bond donors (Lipinski definition) is 2. The molecule has 0 heterocycles. The van der Waals surface area contributed by atoms with E-state index in [2.05, 4.69) is 12.3 Å². The summed E-state index contributed by atoms with van der Waals surface area (Å²) in [5, 5.41) is 0. The Kier molecular flexibility index (Phi) is 3.14. The first kappa shape index (κ1) is 12.4. The molecule has 17 heavy (non-hydrogen) atoms. The lowest BCUT2D eigenvalue weighted by molar-refractivity contribution is -0.137. The normalized spacial score (nSPS) is 25.7. The minimum atomic E-state index is -4.28. The van der Waals surface area contributed by atoms with E-state index >= 15 is 0 Å². The lowest BCUT2D eigenvalue weighted by Crippen LogP contribution is -2.29. The zero-order chi connectivity index (χ0) is 12.6. The summed E-state index contributed by atoms with van der Waals surface area (Å²) in [5.74, 6) is 6.47. The maximum Gasteiger partial charge on any atom is 0.416 e. The molecule has 2 rings (SSSR count). The molecule has 3 atom stereocenters. The lowest BCUT2D eigenvalue weighted by atomic mass is 10.0. The van der Waals surface area contributed by atoms with Crippen LogP contribution in [0.3, 0.4) is 0 Å². The summed E-state index contributed by atoms with van der Waals surface area (Å²) in [6, 6.07) is 5.16. The molecule has 94 valence electrons. The van der Waals surface area contributed by atoms with Gasteiger partial charge in [-0.15, -0.1) is 0 Å². The first-order valence-electron chi connectivity index (χ1n) is 5.56. The van der Waals surface area contributed by atoms with Crippen molar-refractivity contribution in [3.05, 3.63) is 35.4 Å². The Morgan fingerprint density at radius 1 is 1.29 bits per heavy atom. The Morgan fingerprint density at radius 2 is 1.82 bits per heavy atom. The monoisotopic (exact) mass is 244 g/mol. The van der Waals surface area contributed by atoms with Gasteiger partial charge in [-0.05, 0) is 36.0 Å². The van der Waals surface area contributed by atoms with Crippen LogP contribution >= 0.6 is 0 Å². The Balaban J connectivity index is 2.17. The van der Waals surface area contributed by atoms with Gasteiger partial charge < -0.3 is 0 Å². The molecule has 1 fully saturated rings. The maximum absolute atomic E-state index is 12.4. The summed E-state index contributed by atoms with van der Waals surface area (Å²) < 4.78 is 37.2. The van der Waals surface area contributed by atoms with Crippen molar-refractivity contribution in [3.63, 3.8) is 0 Å². The number of rotatable bonds is 3. The van der Waals surface area contributed by atoms with Gasteiger partial charge in [0.25, 0.3) is 0 Å². The van der Waals surface area contributed by atoms with E-state index in [4.69, 9.17) is 5.84 Å². The first-order valence-corrected chi connectivity index (χ1v) is 5.56. The van der Waals surface area contributed by atoms with Crippen molar-refractivity contribution in [1.29, 1.82) is 0 Å². The van der Waals surface area contributed by atoms with Gasteiger partial charge in [-0.2, -0.15) is 13.2 Å². The van der Waals surface area contributed by atoms with Gasteiger partial charge in [-0.1, -0.05) is 19.1 Å². The SMILES string of the molecule is CC1CC1C(NN)c1ccc(C(F)(F)F)cc1. The smallest absolute Gasteiger partial charge is 0.271 e. The Bertz CT molecular complexity index is 386. The van der Waals surface area contributed by atoms with Crippen LogP contribution in [0.2, 0.25) is 0 Å². The van der Waals surface area contributed by atoms with E-state index in [0.717, 1.165) is 24.1 Å². The van der Waals surface area contributed by atoms with Gasteiger partial charge >= 0.3 is 6.18 Å². The molecule has 1 saturated carbocycles. The van der Waals surface area contributed by atoms with Crippen LogP contribution in [0, 0.1) is 11.8 Å². The molecular formula is C12H15F3N2. The molecule has 0 aliphatic heterocycles. The molecule has 1 aliphatic carbocycles. The zero-order valence-corrected chi connectivity index (χ0v) is 9.46. The predicted octanol–water partition coefficient (Wildman–Crippen LogP) is 2.87. The molecular weight excluding hydrogens is 229 g/mol. The maximum atomic E-state index is 12.4. The Morgan fingerprint density at radius 3 is 2.18 bits per heavy atom. The molecule has 1 aromatic carbocycles. The van der Waals surface area contributed by atoms with Crippen LogP contribution in [0.4, 0.5) is 13.2 Å². The van der Waals surface area contributed by atoms with Crippen LogP contribution in [0.1, 0.15) is 30.5 Å². The van der Waals surface area contributed by atoms with Crippen molar-refractivity contribution >= 4 is 0 Å². The average Bonchev–Trinajstić information content (AvgIpc) is 2.96. The van der Waals surface area contributed by atoms with E-state index in [-0.39, 0.29) is 6.04 Å². The van der Waals surface area contributed by atoms with Crippen LogP contribution in [0.25, 0.3) is 0 Å². The molecule has 0 aromatic heterocycles. The van der Waals surface area contributed by atoms with Crippen LogP contribution in [-0.2, 0) is 6.18 Å². The number of halogens is 3. The highest BCUT2D eigenvalue weighted by atomic mass is 19.4. The van der Waals surface area contributed by atoms with Gasteiger partial charge in [0.2, 0.25) is 0 Å². The number of benzene rings is 1. The van der Waals surface area contributed by atoms with Crippen LogP contribution in [0.5, 0.6) is 0 Å². The summed E-state index contributed by atoms with van der Waals surface area (Å²) in [5.41, 5.74) is 2.88. The second-order valence-electron chi connectivity index (χ2n) is 4.64. The fraction of sp³-hybridized carbons (Fsp3) is 0.500. The topological polar surface area (TPSA) is 38.0 Å². The lowest BCUT2D eigenvalue weighted by Gasteiger charge is -2.17. The number of hydrazine groups is 1. The summed E-state index contributed by atoms with van der Waals surface area (Å²) >= 11 is 0. The number of nitrogens with two attached hydrogens (primary N) is 1. The average molecular weight is 244 g/mol. The highest BCUT2D eigenvalue weighted by molar-refractivity contribution is 5.28. The van der Waals surface area contributed by atoms with E-state index in [0.29, 0.717) is 11.8 Å². The zero-order valence-electron chi connectivity index (χ0n) is 9.46. The molecule has 0 spiro atoms. The summed E-state index contributed by atoms with van der Waals surface area (Å²) in [7, 11) is 0. The molecule has 5 heteroatoms. The van der Waals surface area contributed by atoms with Crippen molar-refractivity contribution in [2.75, 3.05) is 0 Å². The third-order valence-corrected chi connectivity index (χ3v) is 3.38. The largest absolute Gasteiger partial charge is 0.416 e. The molecule has 2 nitrogen and oxygen atoms in total. The van der Waals surface area contributed by atoms with Gasteiger partial charge in [0.05, 0.1) is 5.56 Å². The second-order valence-corrected chi connectivity index (χ2v) is 4.64. The van der Waals surface area contributed by atoms with Crippen LogP contribution in [-0.4, -0.2) is 0 Å². The van der Waals surface area contributed by atoms with E-state index in [1.165, 1.54) is 12.1 Å². The fourth-order valence-corrected chi connectivity index (χ4v) is 2.16. The van der Waals surface area contributed by atoms with Gasteiger partial charge in [0.1, 0.15) is 0 Å². The van der Waals surface area contributed by atoms with Crippen molar-refractivity contribution in [3.8, 4) is 0 Å². The van der Waals surface area contributed by atoms with Crippen LogP contribution in [0.15, 0.2) is 24.3 Å². The van der Waals surface area contributed by atoms with Crippen LogP contribution < -0.4 is 11.3 Å². The molecule has 0 amide bonds. The minimum Gasteiger partial charge on any atom is -0.271 e. The Labute approximate surface area is 98.0 Å². The minimum absolute atomic E-state index is 0.0488. The second kappa shape index (κ2) is 4.31. The highest BCUT2D eigenvalue weighted by Gasteiger charge is 2.40. The number of nitrogens with one attached hydrogen (secondary N) is 1. The third-order valence-electron chi connectivity index (χ3n) is 3.38. The molecule has 0 bridgehead atoms. The molecule has 1 aliphatic rings. The number of alkyl halides is 3.